The Labute approximate surface area is 134 Å². The van der Waals surface area contributed by atoms with E-state index in [2.05, 4.69) is 15.0 Å². The molecule has 7 heteroatoms. The monoisotopic (exact) mass is 331 g/mol. The van der Waals surface area contributed by atoms with Crippen LogP contribution >= 0.6 is 11.6 Å². The first-order valence-corrected chi connectivity index (χ1v) is 6.84. The van der Waals surface area contributed by atoms with Crippen molar-refractivity contribution in [3.05, 3.63) is 65.5 Å². The van der Waals surface area contributed by atoms with E-state index in [1.807, 2.05) is 0 Å². The largest absolute Gasteiger partial charge is 0.296 e. The van der Waals surface area contributed by atoms with Crippen LogP contribution < -0.4 is 0 Å². The predicted octanol–water partition coefficient (Wildman–Crippen LogP) is 3.95. The Morgan fingerprint density at radius 3 is 2.43 bits per heavy atom. The highest BCUT2D eigenvalue weighted by Gasteiger charge is 2.19. The molecule has 0 saturated heterocycles. The van der Waals surface area contributed by atoms with E-state index < -0.39 is 11.6 Å². The van der Waals surface area contributed by atoms with Crippen molar-refractivity contribution in [3.63, 3.8) is 0 Å². The van der Waals surface area contributed by atoms with Gasteiger partial charge in [0, 0.05) is 40.8 Å². The fraction of sp³-hybridized carbons (Fsp3) is 0. The molecule has 0 saturated carbocycles. The second-order valence-corrected chi connectivity index (χ2v) is 5.02. The van der Waals surface area contributed by atoms with E-state index in [4.69, 9.17) is 11.6 Å². The van der Waals surface area contributed by atoms with Gasteiger partial charge in [-0.05, 0) is 18.2 Å². The summed E-state index contributed by atoms with van der Waals surface area (Å²) in [6.07, 6.45) is 5.74. The molecule has 0 aliphatic rings. The van der Waals surface area contributed by atoms with Crippen LogP contribution in [0.2, 0.25) is 5.02 Å². The molecule has 2 aromatic heterocycles. The standard InChI is InChI=1S/C16H8ClF2N3O/c17-13-3-10(18)1-2-11(13)12-6-22-14(7-23)16(19)15(12)9-4-20-8-21-5-9/h1-8H. The zero-order valence-corrected chi connectivity index (χ0v) is 12.3. The van der Waals surface area contributed by atoms with Crippen LogP contribution in [0.5, 0.6) is 0 Å². The number of pyridine rings is 1. The van der Waals surface area contributed by atoms with Crippen LogP contribution in [-0.2, 0) is 0 Å². The van der Waals surface area contributed by atoms with E-state index in [9.17, 15) is 13.6 Å². The Bertz CT molecular complexity index is 888. The van der Waals surface area contributed by atoms with Crippen LogP contribution in [0, 0.1) is 11.6 Å². The molecule has 0 atom stereocenters. The van der Waals surface area contributed by atoms with Crippen molar-refractivity contribution in [2.24, 2.45) is 0 Å². The second-order valence-electron chi connectivity index (χ2n) is 4.62. The first-order chi connectivity index (χ1) is 11.1. The quantitative estimate of drug-likeness (QED) is 0.682. The fourth-order valence-corrected chi connectivity index (χ4v) is 2.48. The maximum absolute atomic E-state index is 14.6. The summed E-state index contributed by atoms with van der Waals surface area (Å²) in [5.41, 5.74) is 0.789. The lowest BCUT2D eigenvalue weighted by atomic mass is 9.96. The van der Waals surface area contributed by atoms with Gasteiger partial charge in [0.1, 0.15) is 17.8 Å². The van der Waals surface area contributed by atoms with Crippen LogP contribution in [0.15, 0.2) is 43.1 Å². The number of hydrogen-bond acceptors (Lipinski definition) is 4. The van der Waals surface area contributed by atoms with E-state index in [0.29, 0.717) is 23.0 Å². The van der Waals surface area contributed by atoms with Gasteiger partial charge in [-0.15, -0.1) is 0 Å². The lowest BCUT2D eigenvalue weighted by Crippen LogP contribution is -2.00. The first-order valence-electron chi connectivity index (χ1n) is 6.46. The van der Waals surface area contributed by atoms with Crippen molar-refractivity contribution in [1.82, 2.24) is 15.0 Å². The molecule has 1 aromatic carbocycles. The van der Waals surface area contributed by atoms with Gasteiger partial charge in [0.2, 0.25) is 0 Å². The zero-order valence-electron chi connectivity index (χ0n) is 11.5. The molecule has 3 aromatic rings. The smallest absolute Gasteiger partial charge is 0.171 e. The number of carbonyl (C=O) groups excluding carboxylic acids is 1. The molecule has 2 heterocycles. The number of halogens is 3. The average Bonchev–Trinajstić information content (AvgIpc) is 2.55. The molecule has 0 bridgehead atoms. The predicted molar refractivity (Wildman–Crippen MR) is 81.0 cm³/mol. The normalized spacial score (nSPS) is 10.6. The molecule has 0 spiro atoms. The summed E-state index contributed by atoms with van der Waals surface area (Å²) in [6, 6.07) is 3.74. The molecule has 0 fully saturated rings. The van der Waals surface area contributed by atoms with Crippen molar-refractivity contribution in [1.29, 1.82) is 0 Å². The number of hydrogen-bond donors (Lipinski definition) is 0. The topological polar surface area (TPSA) is 55.7 Å². The maximum atomic E-state index is 14.6. The lowest BCUT2D eigenvalue weighted by Gasteiger charge is -2.12. The number of carbonyl (C=O) groups is 1. The molecule has 0 aliphatic heterocycles. The van der Waals surface area contributed by atoms with Gasteiger partial charge < -0.3 is 0 Å². The Morgan fingerprint density at radius 2 is 1.78 bits per heavy atom. The van der Waals surface area contributed by atoms with Gasteiger partial charge in [0.25, 0.3) is 0 Å². The summed E-state index contributed by atoms with van der Waals surface area (Å²) in [5, 5.41) is 0.100. The highest BCUT2D eigenvalue weighted by Crippen LogP contribution is 2.37. The van der Waals surface area contributed by atoms with Crippen molar-refractivity contribution < 1.29 is 13.6 Å². The summed E-state index contributed by atoms with van der Waals surface area (Å²) < 4.78 is 27.9. The highest BCUT2D eigenvalue weighted by atomic mass is 35.5. The minimum absolute atomic E-state index is 0.0798. The summed E-state index contributed by atoms with van der Waals surface area (Å²) >= 11 is 6.06. The maximum Gasteiger partial charge on any atom is 0.171 e. The van der Waals surface area contributed by atoms with Gasteiger partial charge in [0.05, 0.1) is 5.02 Å². The minimum Gasteiger partial charge on any atom is -0.296 e. The van der Waals surface area contributed by atoms with Crippen molar-refractivity contribution >= 4 is 17.9 Å². The van der Waals surface area contributed by atoms with E-state index in [1.54, 1.807) is 0 Å². The third-order valence-corrected chi connectivity index (χ3v) is 3.54. The van der Waals surface area contributed by atoms with Gasteiger partial charge in [-0.25, -0.2) is 23.7 Å². The molecule has 0 radical (unpaired) electrons. The van der Waals surface area contributed by atoms with E-state index in [-0.39, 0.29) is 16.3 Å². The summed E-state index contributed by atoms with van der Waals surface area (Å²) in [6.45, 7) is 0. The van der Waals surface area contributed by atoms with Gasteiger partial charge in [-0.1, -0.05) is 11.6 Å². The van der Waals surface area contributed by atoms with Gasteiger partial charge in [0.15, 0.2) is 12.1 Å². The first kappa shape index (κ1) is 15.2. The Kier molecular flexibility index (Phi) is 4.08. The number of nitrogens with zero attached hydrogens (tertiary/aromatic N) is 3. The third kappa shape index (κ3) is 2.80. The Balaban J connectivity index is 2.33. The summed E-state index contributed by atoms with van der Waals surface area (Å²) in [4.78, 5) is 22.4. The number of rotatable bonds is 3. The number of aldehydes is 1. The molecular formula is C16H8ClF2N3O. The number of aromatic nitrogens is 3. The molecular weight excluding hydrogens is 324 g/mol. The molecule has 114 valence electrons. The van der Waals surface area contributed by atoms with Crippen molar-refractivity contribution in [3.8, 4) is 22.3 Å². The molecule has 0 N–H and O–H groups in total. The molecule has 0 amide bonds. The van der Waals surface area contributed by atoms with Crippen molar-refractivity contribution in [2.75, 3.05) is 0 Å². The fourth-order valence-electron chi connectivity index (χ4n) is 2.21. The van der Waals surface area contributed by atoms with Gasteiger partial charge in [-0.3, -0.25) is 4.79 Å². The van der Waals surface area contributed by atoms with Gasteiger partial charge in [-0.2, -0.15) is 0 Å². The minimum atomic E-state index is -0.812. The van der Waals surface area contributed by atoms with E-state index in [1.165, 1.54) is 37.1 Å². The van der Waals surface area contributed by atoms with Crippen LogP contribution in [0.1, 0.15) is 10.5 Å². The summed E-state index contributed by atoms with van der Waals surface area (Å²) in [5.74, 6) is -1.33. The Hall–Kier alpha value is -2.73. The average molecular weight is 332 g/mol. The highest BCUT2D eigenvalue weighted by molar-refractivity contribution is 6.33. The SMILES string of the molecule is O=Cc1ncc(-c2ccc(F)cc2Cl)c(-c2cncnc2)c1F. The van der Waals surface area contributed by atoms with Crippen LogP contribution in [0.3, 0.4) is 0 Å². The Morgan fingerprint density at radius 1 is 1.04 bits per heavy atom. The lowest BCUT2D eigenvalue weighted by molar-refractivity contribution is 0.111. The summed E-state index contributed by atoms with van der Waals surface area (Å²) in [7, 11) is 0. The third-order valence-electron chi connectivity index (χ3n) is 3.23. The zero-order chi connectivity index (χ0) is 16.4. The van der Waals surface area contributed by atoms with Gasteiger partial charge >= 0.3 is 0 Å². The van der Waals surface area contributed by atoms with Crippen LogP contribution in [0.25, 0.3) is 22.3 Å². The van der Waals surface area contributed by atoms with E-state index in [0.717, 1.165) is 6.07 Å². The van der Waals surface area contributed by atoms with Crippen LogP contribution in [0.4, 0.5) is 8.78 Å². The molecule has 23 heavy (non-hydrogen) atoms. The van der Waals surface area contributed by atoms with Crippen molar-refractivity contribution in [2.45, 2.75) is 0 Å². The second kappa shape index (κ2) is 6.18. The molecule has 4 nitrogen and oxygen atoms in total. The number of benzene rings is 1. The molecule has 3 rings (SSSR count). The molecule has 0 aliphatic carbocycles. The van der Waals surface area contributed by atoms with Crippen LogP contribution in [-0.4, -0.2) is 21.2 Å². The van der Waals surface area contributed by atoms with E-state index >= 15 is 0 Å². The molecule has 0 unspecified atom stereocenters.